The number of fused-ring (bicyclic) bond motifs is 1. The number of rotatable bonds is 8. The maximum Gasteiger partial charge on any atom is 0.252 e. The predicted molar refractivity (Wildman–Crippen MR) is 115 cm³/mol. The third kappa shape index (κ3) is 5.25. The summed E-state index contributed by atoms with van der Waals surface area (Å²) < 4.78 is 28.0. The van der Waals surface area contributed by atoms with Crippen molar-refractivity contribution in [3.8, 4) is 0 Å². The second-order valence-electron chi connectivity index (χ2n) is 6.49. The van der Waals surface area contributed by atoms with E-state index in [1.807, 2.05) is 30.3 Å². The van der Waals surface area contributed by atoms with E-state index in [0.717, 1.165) is 36.1 Å². The lowest BCUT2D eigenvalue weighted by Gasteiger charge is -2.23. The summed E-state index contributed by atoms with van der Waals surface area (Å²) in [5.74, 6) is -1.63. The van der Waals surface area contributed by atoms with Crippen LogP contribution in [0.5, 0.6) is 0 Å². The normalized spacial score (nSPS) is 11.6. The van der Waals surface area contributed by atoms with Crippen LogP contribution in [-0.4, -0.2) is 42.0 Å². The molecule has 3 aromatic rings. The van der Waals surface area contributed by atoms with Crippen molar-refractivity contribution < 1.29 is 13.6 Å². The van der Waals surface area contributed by atoms with Gasteiger partial charge in [-0.1, -0.05) is 55.5 Å². The largest absolute Gasteiger partial charge is 0.302 e. The molecule has 152 valence electrons. The van der Waals surface area contributed by atoms with Crippen LogP contribution in [0.15, 0.2) is 48.5 Å². The SMILES string of the molecule is CCN(CC)CCN(C(=O)/C=C/c1ccccc1)c1nc2c(F)cc(F)cc2s1. The van der Waals surface area contributed by atoms with Crippen LogP contribution in [0.3, 0.4) is 0 Å². The number of thiazole rings is 1. The van der Waals surface area contributed by atoms with Gasteiger partial charge in [0.1, 0.15) is 11.3 Å². The molecule has 3 rings (SSSR count). The number of hydrogen-bond acceptors (Lipinski definition) is 4. The van der Waals surface area contributed by atoms with Gasteiger partial charge in [0.05, 0.1) is 4.70 Å². The number of nitrogens with zero attached hydrogens (tertiary/aromatic N) is 3. The Morgan fingerprint density at radius 1 is 1.10 bits per heavy atom. The first-order valence-electron chi connectivity index (χ1n) is 9.54. The quantitative estimate of drug-likeness (QED) is 0.488. The van der Waals surface area contributed by atoms with Gasteiger partial charge in [-0.2, -0.15) is 0 Å². The lowest BCUT2D eigenvalue weighted by molar-refractivity contribution is -0.114. The minimum atomic E-state index is -0.724. The molecule has 0 bridgehead atoms. The minimum Gasteiger partial charge on any atom is -0.302 e. The molecular formula is C22H23F2N3OS. The third-order valence-corrected chi connectivity index (χ3v) is 5.68. The fraction of sp³-hybridized carbons (Fsp3) is 0.273. The van der Waals surface area contributed by atoms with Crippen molar-refractivity contribution in [2.24, 2.45) is 0 Å². The van der Waals surface area contributed by atoms with Gasteiger partial charge in [-0.15, -0.1) is 0 Å². The van der Waals surface area contributed by atoms with Crippen molar-refractivity contribution >= 4 is 38.7 Å². The summed E-state index contributed by atoms with van der Waals surface area (Å²) in [5, 5.41) is 0.361. The van der Waals surface area contributed by atoms with E-state index >= 15 is 0 Å². The summed E-state index contributed by atoms with van der Waals surface area (Å²) in [6, 6.07) is 11.6. The van der Waals surface area contributed by atoms with Gasteiger partial charge in [-0.25, -0.2) is 13.8 Å². The number of halogens is 2. The molecule has 2 aromatic carbocycles. The standard InChI is InChI=1S/C22H23F2N3OS/c1-3-26(4-2)12-13-27(20(28)11-10-16-8-6-5-7-9-16)22-25-21-18(24)14-17(23)15-19(21)29-22/h5-11,14-15H,3-4,12-13H2,1-2H3/b11-10+. The van der Waals surface area contributed by atoms with Crippen molar-refractivity contribution in [1.29, 1.82) is 0 Å². The van der Waals surface area contributed by atoms with Gasteiger partial charge >= 0.3 is 0 Å². The lowest BCUT2D eigenvalue weighted by atomic mass is 10.2. The average Bonchev–Trinajstić information content (AvgIpc) is 3.14. The summed E-state index contributed by atoms with van der Waals surface area (Å²) in [6.45, 7) is 6.89. The molecule has 0 radical (unpaired) electrons. The van der Waals surface area contributed by atoms with Gasteiger partial charge < -0.3 is 4.90 Å². The molecule has 0 saturated heterocycles. The summed E-state index contributed by atoms with van der Waals surface area (Å²) in [5.41, 5.74) is 0.987. The molecular weight excluding hydrogens is 392 g/mol. The van der Waals surface area contributed by atoms with Gasteiger partial charge in [0.25, 0.3) is 5.91 Å². The topological polar surface area (TPSA) is 36.4 Å². The lowest BCUT2D eigenvalue weighted by Crippen LogP contribution is -2.38. The fourth-order valence-corrected chi connectivity index (χ4v) is 4.00. The highest BCUT2D eigenvalue weighted by molar-refractivity contribution is 7.22. The highest BCUT2D eigenvalue weighted by atomic mass is 32.1. The smallest absolute Gasteiger partial charge is 0.252 e. The van der Waals surface area contributed by atoms with Crippen LogP contribution in [0.2, 0.25) is 0 Å². The summed E-state index contributed by atoms with van der Waals surface area (Å²) in [6.07, 6.45) is 3.22. The monoisotopic (exact) mass is 415 g/mol. The van der Waals surface area contributed by atoms with Crippen molar-refractivity contribution in [2.75, 3.05) is 31.1 Å². The Labute approximate surface area is 173 Å². The molecule has 7 heteroatoms. The van der Waals surface area contributed by atoms with Crippen molar-refractivity contribution in [3.05, 3.63) is 65.7 Å². The molecule has 0 unspecified atom stereocenters. The molecule has 0 aliphatic carbocycles. The molecule has 0 aliphatic heterocycles. The first-order chi connectivity index (χ1) is 14.0. The van der Waals surface area contributed by atoms with Crippen molar-refractivity contribution in [1.82, 2.24) is 9.88 Å². The maximum atomic E-state index is 14.1. The molecule has 1 amide bonds. The van der Waals surface area contributed by atoms with Gasteiger partial charge in [-0.3, -0.25) is 9.69 Å². The first-order valence-corrected chi connectivity index (χ1v) is 10.4. The number of carbonyl (C=O) groups excluding carboxylic acids is 1. The molecule has 0 N–H and O–H groups in total. The number of benzene rings is 2. The van der Waals surface area contributed by atoms with E-state index in [2.05, 4.69) is 23.7 Å². The van der Waals surface area contributed by atoms with E-state index in [4.69, 9.17) is 0 Å². The molecule has 0 atom stereocenters. The summed E-state index contributed by atoms with van der Waals surface area (Å²) >= 11 is 1.11. The molecule has 1 aromatic heterocycles. The molecule has 1 heterocycles. The molecule has 0 fully saturated rings. The van der Waals surface area contributed by atoms with E-state index in [-0.39, 0.29) is 11.4 Å². The van der Waals surface area contributed by atoms with Crippen LogP contribution in [0, 0.1) is 11.6 Å². The second-order valence-corrected chi connectivity index (χ2v) is 7.50. The first kappa shape index (κ1) is 21.1. The second kappa shape index (κ2) is 9.71. The Kier molecular flexibility index (Phi) is 7.06. The highest BCUT2D eigenvalue weighted by Crippen LogP contribution is 2.31. The minimum absolute atomic E-state index is 0.0825. The number of carbonyl (C=O) groups is 1. The van der Waals surface area contributed by atoms with Gasteiger partial charge in [0, 0.05) is 25.2 Å². The third-order valence-electron chi connectivity index (χ3n) is 4.65. The highest BCUT2D eigenvalue weighted by Gasteiger charge is 2.20. The molecule has 0 spiro atoms. The molecule has 0 aliphatic rings. The Morgan fingerprint density at radius 2 is 1.83 bits per heavy atom. The number of likely N-dealkylation sites (N-methyl/N-ethyl adjacent to an activating group) is 1. The number of anilines is 1. The number of amides is 1. The Balaban J connectivity index is 1.91. The molecule has 4 nitrogen and oxygen atoms in total. The van der Waals surface area contributed by atoms with E-state index in [9.17, 15) is 13.6 Å². The number of aromatic nitrogens is 1. The van der Waals surface area contributed by atoms with E-state index < -0.39 is 11.6 Å². The molecule has 0 saturated carbocycles. The maximum absolute atomic E-state index is 14.1. The zero-order valence-electron chi connectivity index (χ0n) is 16.4. The van der Waals surface area contributed by atoms with Crippen LogP contribution in [-0.2, 0) is 4.79 Å². The van der Waals surface area contributed by atoms with Crippen LogP contribution in [0.1, 0.15) is 19.4 Å². The van der Waals surface area contributed by atoms with Gasteiger partial charge in [0.2, 0.25) is 0 Å². The van der Waals surface area contributed by atoms with Crippen LogP contribution in [0.25, 0.3) is 16.3 Å². The predicted octanol–water partition coefficient (Wildman–Crippen LogP) is 4.96. The zero-order chi connectivity index (χ0) is 20.8. The Bertz CT molecular complexity index is 1000. The van der Waals surface area contributed by atoms with Crippen LogP contribution < -0.4 is 4.90 Å². The van der Waals surface area contributed by atoms with E-state index in [0.29, 0.717) is 22.9 Å². The fourth-order valence-electron chi connectivity index (χ4n) is 2.96. The van der Waals surface area contributed by atoms with Crippen LogP contribution in [0.4, 0.5) is 13.9 Å². The van der Waals surface area contributed by atoms with Gasteiger partial charge in [0.15, 0.2) is 10.9 Å². The summed E-state index contributed by atoms with van der Waals surface area (Å²) in [7, 11) is 0. The summed E-state index contributed by atoms with van der Waals surface area (Å²) in [4.78, 5) is 21.0. The average molecular weight is 416 g/mol. The van der Waals surface area contributed by atoms with Gasteiger partial charge in [-0.05, 0) is 30.8 Å². The van der Waals surface area contributed by atoms with E-state index in [1.54, 1.807) is 6.08 Å². The molecule has 29 heavy (non-hydrogen) atoms. The van der Waals surface area contributed by atoms with E-state index in [1.165, 1.54) is 17.0 Å². The van der Waals surface area contributed by atoms with Crippen LogP contribution >= 0.6 is 11.3 Å². The number of hydrogen-bond donors (Lipinski definition) is 0. The Morgan fingerprint density at radius 3 is 2.52 bits per heavy atom. The van der Waals surface area contributed by atoms with Crippen molar-refractivity contribution in [2.45, 2.75) is 13.8 Å². The van der Waals surface area contributed by atoms with Crippen molar-refractivity contribution in [3.63, 3.8) is 0 Å². The Hall–Kier alpha value is -2.64. The zero-order valence-corrected chi connectivity index (χ0v) is 17.3.